The second kappa shape index (κ2) is 5.53. The number of aromatic amines is 2. The van der Waals surface area contributed by atoms with Gasteiger partial charge in [0.15, 0.2) is 0 Å². The molecule has 23 heavy (non-hydrogen) atoms. The summed E-state index contributed by atoms with van der Waals surface area (Å²) in [5, 5.41) is 1.12. The fraction of sp³-hybridized carbons (Fsp3) is 0.353. The summed E-state index contributed by atoms with van der Waals surface area (Å²) in [5.74, 6) is 1.92. The SMILES string of the molecule is Cc1nc([C@@H]2CCCN(c3ccc4cc[nH]c4n3)C2)cc(=O)[nH]1. The van der Waals surface area contributed by atoms with Crippen LogP contribution in [0.4, 0.5) is 5.82 Å². The van der Waals surface area contributed by atoms with E-state index in [1.54, 1.807) is 6.07 Å². The molecule has 2 N–H and O–H groups in total. The second-order valence-electron chi connectivity index (χ2n) is 6.13. The molecule has 4 heterocycles. The number of pyridine rings is 1. The maximum Gasteiger partial charge on any atom is 0.251 e. The van der Waals surface area contributed by atoms with Crippen molar-refractivity contribution in [3.63, 3.8) is 0 Å². The number of nitrogens with one attached hydrogen (secondary N) is 2. The van der Waals surface area contributed by atoms with Crippen molar-refractivity contribution in [2.24, 2.45) is 0 Å². The van der Waals surface area contributed by atoms with E-state index in [0.29, 0.717) is 5.82 Å². The molecule has 1 saturated heterocycles. The zero-order valence-electron chi connectivity index (χ0n) is 13.0. The summed E-state index contributed by atoms with van der Waals surface area (Å²) in [6, 6.07) is 7.80. The number of nitrogens with zero attached hydrogens (tertiary/aromatic N) is 3. The maximum absolute atomic E-state index is 11.7. The van der Waals surface area contributed by atoms with E-state index in [0.717, 1.165) is 48.5 Å². The van der Waals surface area contributed by atoms with Crippen molar-refractivity contribution >= 4 is 16.9 Å². The van der Waals surface area contributed by atoms with Gasteiger partial charge >= 0.3 is 0 Å². The Morgan fingerprint density at radius 1 is 1.26 bits per heavy atom. The molecule has 1 atom stereocenters. The molecular formula is C17H19N5O. The highest BCUT2D eigenvalue weighted by molar-refractivity contribution is 5.77. The highest BCUT2D eigenvalue weighted by Crippen LogP contribution is 2.28. The van der Waals surface area contributed by atoms with Crippen LogP contribution in [-0.2, 0) is 0 Å². The molecule has 1 fully saturated rings. The van der Waals surface area contributed by atoms with Crippen LogP contribution < -0.4 is 10.5 Å². The monoisotopic (exact) mass is 309 g/mol. The summed E-state index contributed by atoms with van der Waals surface area (Å²) in [6.45, 7) is 3.65. The summed E-state index contributed by atoms with van der Waals surface area (Å²) in [7, 11) is 0. The number of H-pyrrole nitrogens is 2. The van der Waals surface area contributed by atoms with E-state index >= 15 is 0 Å². The minimum Gasteiger partial charge on any atom is -0.356 e. The number of anilines is 1. The third-order valence-corrected chi connectivity index (χ3v) is 4.44. The van der Waals surface area contributed by atoms with E-state index in [-0.39, 0.29) is 11.5 Å². The molecule has 0 spiro atoms. The molecule has 0 aromatic carbocycles. The van der Waals surface area contributed by atoms with Gasteiger partial charge < -0.3 is 14.9 Å². The average molecular weight is 309 g/mol. The molecule has 0 radical (unpaired) electrons. The number of fused-ring (bicyclic) bond motifs is 1. The lowest BCUT2D eigenvalue weighted by Crippen LogP contribution is -2.35. The molecule has 6 heteroatoms. The number of aromatic nitrogens is 4. The van der Waals surface area contributed by atoms with Crippen LogP contribution in [0.25, 0.3) is 11.0 Å². The zero-order valence-corrected chi connectivity index (χ0v) is 13.0. The van der Waals surface area contributed by atoms with Gasteiger partial charge in [0.1, 0.15) is 17.3 Å². The van der Waals surface area contributed by atoms with E-state index in [2.05, 4.69) is 32.0 Å². The van der Waals surface area contributed by atoms with Crippen LogP contribution in [0.1, 0.15) is 30.3 Å². The Labute approximate surface area is 133 Å². The number of hydrogen-bond acceptors (Lipinski definition) is 4. The third kappa shape index (κ3) is 2.72. The first-order valence-corrected chi connectivity index (χ1v) is 7.96. The highest BCUT2D eigenvalue weighted by Gasteiger charge is 2.24. The summed E-state index contributed by atoms with van der Waals surface area (Å²) in [4.78, 5) is 29.1. The molecule has 0 saturated carbocycles. The van der Waals surface area contributed by atoms with Crippen molar-refractivity contribution in [2.45, 2.75) is 25.7 Å². The van der Waals surface area contributed by atoms with Crippen molar-refractivity contribution in [1.29, 1.82) is 0 Å². The van der Waals surface area contributed by atoms with Crippen LogP contribution in [-0.4, -0.2) is 33.0 Å². The summed E-state index contributed by atoms with van der Waals surface area (Å²) >= 11 is 0. The number of hydrogen-bond donors (Lipinski definition) is 2. The van der Waals surface area contributed by atoms with Crippen molar-refractivity contribution in [3.8, 4) is 0 Å². The maximum atomic E-state index is 11.7. The Hall–Kier alpha value is -2.63. The Kier molecular flexibility index (Phi) is 3.37. The fourth-order valence-corrected chi connectivity index (χ4v) is 3.33. The second-order valence-corrected chi connectivity index (χ2v) is 6.13. The Balaban J connectivity index is 1.62. The number of rotatable bonds is 2. The first-order chi connectivity index (χ1) is 11.2. The lowest BCUT2D eigenvalue weighted by molar-refractivity contribution is 0.497. The molecule has 6 nitrogen and oxygen atoms in total. The lowest BCUT2D eigenvalue weighted by atomic mass is 9.94. The predicted octanol–water partition coefficient (Wildman–Crippen LogP) is 2.34. The zero-order chi connectivity index (χ0) is 15.8. The quantitative estimate of drug-likeness (QED) is 0.761. The van der Waals surface area contributed by atoms with E-state index in [1.807, 2.05) is 19.2 Å². The molecule has 3 aromatic heterocycles. The fourth-order valence-electron chi connectivity index (χ4n) is 3.33. The lowest BCUT2D eigenvalue weighted by Gasteiger charge is -2.33. The minimum absolute atomic E-state index is 0.0736. The van der Waals surface area contributed by atoms with Gasteiger partial charge in [0.05, 0.1) is 5.69 Å². The van der Waals surface area contributed by atoms with Crippen LogP contribution in [0.15, 0.2) is 35.3 Å². The predicted molar refractivity (Wildman–Crippen MR) is 89.9 cm³/mol. The van der Waals surface area contributed by atoms with Crippen LogP contribution in [0.3, 0.4) is 0 Å². The first-order valence-electron chi connectivity index (χ1n) is 7.96. The average Bonchev–Trinajstić information content (AvgIpc) is 3.01. The molecule has 1 aliphatic rings. The standard InChI is InChI=1S/C17H19N5O/c1-11-19-14(9-16(23)20-11)13-3-2-8-22(10-13)15-5-4-12-6-7-18-17(12)21-15/h4-7,9,13H,2-3,8,10H2,1H3,(H,18,21)(H,19,20,23)/t13-/m1/s1. The van der Waals surface area contributed by atoms with Crippen LogP contribution in [0.5, 0.6) is 0 Å². The van der Waals surface area contributed by atoms with Crippen LogP contribution in [0, 0.1) is 6.92 Å². The Bertz CT molecular complexity index is 897. The van der Waals surface area contributed by atoms with Gasteiger partial charge in [-0.1, -0.05) is 0 Å². The third-order valence-electron chi connectivity index (χ3n) is 4.44. The molecule has 3 aromatic rings. The van der Waals surface area contributed by atoms with E-state index in [9.17, 15) is 4.79 Å². The Morgan fingerprint density at radius 2 is 2.17 bits per heavy atom. The minimum atomic E-state index is -0.0736. The van der Waals surface area contributed by atoms with E-state index in [4.69, 9.17) is 4.98 Å². The topological polar surface area (TPSA) is 77.7 Å². The molecule has 118 valence electrons. The van der Waals surface area contributed by atoms with Gasteiger partial charge in [-0.25, -0.2) is 9.97 Å². The van der Waals surface area contributed by atoms with Crippen LogP contribution >= 0.6 is 0 Å². The largest absolute Gasteiger partial charge is 0.356 e. The molecule has 0 aliphatic carbocycles. The van der Waals surface area contributed by atoms with Gasteiger partial charge in [0.2, 0.25) is 0 Å². The van der Waals surface area contributed by atoms with Gasteiger partial charge in [-0.05, 0) is 38.0 Å². The molecule has 4 rings (SSSR count). The van der Waals surface area contributed by atoms with Crippen molar-refractivity contribution in [1.82, 2.24) is 19.9 Å². The van der Waals surface area contributed by atoms with Gasteiger partial charge in [0.25, 0.3) is 5.56 Å². The summed E-state index contributed by atoms with van der Waals surface area (Å²) < 4.78 is 0. The van der Waals surface area contributed by atoms with Gasteiger partial charge in [0, 0.05) is 36.7 Å². The van der Waals surface area contributed by atoms with Gasteiger partial charge in [-0.2, -0.15) is 0 Å². The first kappa shape index (κ1) is 14.0. The molecule has 0 bridgehead atoms. The molecular weight excluding hydrogens is 290 g/mol. The molecule has 1 aliphatic heterocycles. The number of piperidine rings is 1. The smallest absolute Gasteiger partial charge is 0.251 e. The van der Waals surface area contributed by atoms with E-state index in [1.165, 1.54) is 0 Å². The summed E-state index contributed by atoms with van der Waals surface area (Å²) in [5.41, 5.74) is 1.72. The summed E-state index contributed by atoms with van der Waals surface area (Å²) in [6.07, 6.45) is 4.03. The van der Waals surface area contributed by atoms with Crippen LogP contribution in [0.2, 0.25) is 0 Å². The molecule has 0 unspecified atom stereocenters. The van der Waals surface area contributed by atoms with Gasteiger partial charge in [-0.3, -0.25) is 4.79 Å². The normalized spacial score (nSPS) is 18.5. The van der Waals surface area contributed by atoms with E-state index < -0.39 is 0 Å². The molecule has 0 amide bonds. The van der Waals surface area contributed by atoms with Gasteiger partial charge in [-0.15, -0.1) is 0 Å². The Morgan fingerprint density at radius 3 is 3.04 bits per heavy atom. The highest BCUT2D eigenvalue weighted by atomic mass is 16.1. The van der Waals surface area contributed by atoms with Crippen molar-refractivity contribution < 1.29 is 0 Å². The van der Waals surface area contributed by atoms with Crippen molar-refractivity contribution in [3.05, 3.63) is 52.3 Å². The number of aryl methyl sites for hydroxylation is 1. The van der Waals surface area contributed by atoms with Crippen molar-refractivity contribution in [2.75, 3.05) is 18.0 Å².